The second-order valence-corrected chi connectivity index (χ2v) is 10.1. The first kappa shape index (κ1) is 35.8. The lowest BCUT2D eigenvalue weighted by Crippen LogP contribution is -2.16. The summed E-state index contributed by atoms with van der Waals surface area (Å²) in [5, 5.41) is 46.9. The van der Waals surface area contributed by atoms with Gasteiger partial charge in [0.15, 0.2) is 23.0 Å². The van der Waals surface area contributed by atoms with E-state index >= 15 is 0 Å². The van der Waals surface area contributed by atoms with E-state index in [2.05, 4.69) is 0 Å². The first-order chi connectivity index (χ1) is 23.8. The van der Waals surface area contributed by atoms with E-state index in [4.69, 9.17) is 28.4 Å². The fourth-order valence-electron chi connectivity index (χ4n) is 4.89. The normalized spacial score (nSPS) is 10.5. The van der Waals surface area contributed by atoms with Gasteiger partial charge in [-0.05, 0) is 24.3 Å². The molecule has 0 bridgehead atoms. The number of rotatable bonds is 14. The van der Waals surface area contributed by atoms with Crippen molar-refractivity contribution in [1.82, 2.24) is 0 Å². The van der Waals surface area contributed by atoms with Crippen LogP contribution in [0.1, 0.15) is 22.3 Å². The van der Waals surface area contributed by atoms with Gasteiger partial charge in [-0.15, -0.1) is 0 Å². The monoisotopic (exact) mass is 694 g/mol. The molecule has 0 saturated heterocycles. The number of carbonyl (C=O) groups is 1. The lowest BCUT2D eigenvalue weighted by Gasteiger charge is -2.14. The molecule has 0 saturated carbocycles. The third kappa shape index (κ3) is 7.90. The first-order valence-corrected chi connectivity index (χ1v) is 14.0. The van der Waals surface area contributed by atoms with Crippen molar-refractivity contribution in [3.8, 4) is 34.5 Å². The highest BCUT2D eigenvalue weighted by Gasteiger charge is 2.26. The summed E-state index contributed by atoms with van der Waals surface area (Å²) in [5.74, 6) is -0.187. The average molecular weight is 695 g/mol. The summed E-state index contributed by atoms with van der Waals surface area (Å²) in [6.07, 6.45) is -2.11. The van der Waals surface area contributed by atoms with Crippen molar-refractivity contribution in [2.75, 3.05) is 28.4 Å². The summed E-state index contributed by atoms with van der Waals surface area (Å²) in [6.45, 7) is 0. The van der Waals surface area contributed by atoms with Crippen molar-refractivity contribution in [3.63, 3.8) is 0 Å². The van der Waals surface area contributed by atoms with Crippen LogP contribution >= 0.6 is 0 Å². The van der Waals surface area contributed by atoms with Crippen molar-refractivity contribution in [2.24, 2.45) is 0 Å². The molecular formula is C31H26N4O15. The zero-order valence-electron chi connectivity index (χ0n) is 26.6. The molecule has 0 aliphatic heterocycles. The van der Waals surface area contributed by atoms with Gasteiger partial charge in [0.25, 0.3) is 22.7 Å². The largest absolute Gasteiger partial charge is 0.519 e. The molecule has 0 fully saturated rings. The Morgan fingerprint density at radius 2 is 0.820 bits per heavy atom. The molecule has 0 atom stereocenters. The van der Waals surface area contributed by atoms with Crippen molar-refractivity contribution in [1.29, 1.82) is 0 Å². The van der Waals surface area contributed by atoms with Gasteiger partial charge in [-0.25, -0.2) is 4.79 Å². The van der Waals surface area contributed by atoms with Gasteiger partial charge in [-0.2, -0.15) is 0 Å². The number of hydrogen-bond donors (Lipinski definition) is 0. The molecule has 260 valence electrons. The molecule has 0 spiro atoms. The Kier molecular flexibility index (Phi) is 10.9. The number of nitro groups is 4. The van der Waals surface area contributed by atoms with E-state index < -0.39 is 48.6 Å². The van der Waals surface area contributed by atoms with Crippen LogP contribution in [-0.4, -0.2) is 54.3 Å². The van der Waals surface area contributed by atoms with Crippen LogP contribution in [0.3, 0.4) is 0 Å². The maximum atomic E-state index is 13.1. The Balaban J connectivity index is 1.73. The molecule has 19 heteroatoms. The summed E-state index contributed by atoms with van der Waals surface area (Å²) in [6, 6.07) is 11.2. The lowest BCUT2D eigenvalue weighted by molar-refractivity contribution is -0.385. The Labute approximate surface area is 281 Å². The molecule has 0 N–H and O–H groups in total. The van der Waals surface area contributed by atoms with E-state index in [0.717, 1.165) is 48.5 Å². The van der Waals surface area contributed by atoms with Gasteiger partial charge in [0.05, 0.1) is 60.3 Å². The van der Waals surface area contributed by atoms with E-state index in [-0.39, 0.29) is 69.6 Å². The smallest absolute Gasteiger partial charge is 0.493 e. The third-order valence-corrected chi connectivity index (χ3v) is 7.22. The van der Waals surface area contributed by atoms with Crippen molar-refractivity contribution in [3.05, 3.63) is 123 Å². The van der Waals surface area contributed by atoms with Gasteiger partial charge in [0, 0.05) is 59.4 Å². The maximum absolute atomic E-state index is 13.1. The number of benzene rings is 4. The molecule has 0 amide bonds. The first-order valence-electron chi connectivity index (χ1n) is 14.0. The fourth-order valence-corrected chi connectivity index (χ4v) is 4.89. The molecule has 0 unspecified atom stereocenters. The zero-order chi connectivity index (χ0) is 36.7. The van der Waals surface area contributed by atoms with Crippen LogP contribution in [0.25, 0.3) is 0 Å². The van der Waals surface area contributed by atoms with E-state index in [1.165, 1.54) is 40.6 Å². The highest BCUT2D eigenvalue weighted by Crippen LogP contribution is 2.39. The van der Waals surface area contributed by atoms with Crippen molar-refractivity contribution >= 4 is 28.9 Å². The van der Waals surface area contributed by atoms with Gasteiger partial charge in [-0.1, -0.05) is 0 Å². The number of carbonyl (C=O) groups excluding carboxylic acids is 1. The van der Waals surface area contributed by atoms with Gasteiger partial charge in [0.2, 0.25) is 0 Å². The number of ether oxygens (including phenoxy) is 6. The number of hydrogen-bond acceptors (Lipinski definition) is 15. The van der Waals surface area contributed by atoms with Crippen LogP contribution in [0.15, 0.2) is 60.7 Å². The van der Waals surface area contributed by atoms with Crippen LogP contribution in [0, 0.1) is 40.5 Å². The highest BCUT2D eigenvalue weighted by atomic mass is 16.7. The second-order valence-electron chi connectivity index (χ2n) is 10.1. The molecule has 50 heavy (non-hydrogen) atoms. The Morgan fingerprint density at radius 3 is 1.12 bits per heavy atom. The molecule has 0 aliphatic carbocycles. The predicted octanol–water partition coefficient (Wildman–Crippen LogP) is 6.11. The summed E-state index contributed by atoms with van der Waals surface area (Å²) < 4.78 is 31.5. The highest BCUT2D eigenvalue weighted by molar-refractivity contribution is 5.70. The molecule has 19 nitrogen and oxygen atoms in total. The molecular weight excluding hydrogens is 668 g/mol. The average Bonchev–Trinajstić information content (AvgIpc) is 3.08. The van der Waals surface area contributed by atoms with E-state index in [1.807, 2.05) is 0 Å². The van der Waals surface area contributed by atoms with Gasteiger partial charge < -0.3 is 28.4 Å². The van der Waals surface area contributed by atoms with E-state index in [1.54, 1.807) is 0 Å². The molecule has 0 heterocycles. The number of methoxy groups -OCH3 is 4. The van der Waals surface area contributed by atoms with Crippen LogP contribution in [0.5, 0.6) is 34.5 Å². The Bertz CT molecular complexity index is 1870. The second kappa shape index (κ2) is 15.2. The summed E-state index contributed by atoms with van der Waals surface area (Å²) >= 11 is 0. The van der Waals surface area contributed by atoms with Crippen LogP contribution in [0.2, 0.25) is 0 Å². The molecule has 4 aromatic rings. The van der Waals surface area contributed by atoms with Crippen molar-refractivity contribution < 1.29 is 52.9 Å². The van der Waals surface area contributed by atoms with E-state index in [0.29, 0.717) is 0 Å². The topological polar surface area (TPSA) is 245 Å². The molecule has 0 aliphatic rings. The lowest BCUT2D eigenvalue weighted by atomic mass is 10.0. The minimum atomic E-state index is -1.40. The zero-order valence-corrected chi connectivity index (χ0v) is 26.6. The molecule has 4 aromatic carbocycles. The SMILES string of the molecule is COc1cc(Cc2cc([N+](=O)[O-])ccc2OC(=O)Oc2ccc([N+](=O)[O-])cc2Cc2cc(OC)c(OC)cc2[N+](=O)[O-])c([N+](=O)[O-])cc1OC. The Morgan fingerprint density at radius 1 is 0.480 bits per heavy atom. The number of nitrogens with zero attached hydrogens (tertiary/aromatic N) is 4. The van der Waals surface area contributed by atoms with Crippen molar-refractivity contribution in [2.45, 2.75) is 12.8 Å². The summed E-state index contributed by atoms with van der Waals surface area (Å²) in [7, 11) is 5.18. The summed E-state index contributed by atoms with van der Waals surface area (Å²) in [4.78, 5) is 57.2. The molecule has 0 radical (unpaired) electrons. The third-order valence-electron chi connectivity index (χ3n) is 7.22. The van der Waals surface area contributed by atoms with Crippen LogP contribution < -0.4 is 28.4 Å². The minimum Gasteiger partial charge on any atom is -0.493 e. The number of nitro benzene ring substituents is 4. The van der Waals surface area contributed by atoms with Gasteiger partial charge >= 0.3 is 6.16 Å². The Hall–Kier alpha value is -7.05. The predicted molar refractivity (Wildman–Crippen MR) is 171 cm³/mol. The standard InChI is InChI=1S/C31H26N4O15/c1-45-27-13-17(23(34(41)42)15-29(27)47-3)9-19-11-21(32(37)38)5-7-25(19)49-31(36)50-26-8-6-22(33(39)40)12-20(26)10-18-14-28(46-2)30(48-4)16-24(18)35(43)44/h5-8,11-16H,9-10H2,1-4H3. The van der Waals surface area contributed by atoms with Gasteiger partial charge in [-0.3, -0.25) is 40.5 Å². The molecule has 4 rings (SSSR count). The summed E-state index contributed by atoms with van der Waals surface area (Å²) in [5.41, 5.74) is -1.67. The van der Waals surface area contributed by atoms with Gasteiger partial charge in [0.1, 0.15) is 11.5 Å². The van der Waals surface area contributed by atoms with Crippen LogP contribution in [0.4, 0.5) is 27.5 Å². The number of non-ortho nitro benzene ring substituents is 2. The van der Waals surface area contributed by atoms with E-state index in [9.17, 15) is 45.3 Å². The minimum absolute atomic E-state index is 0.0283. The van der Waals surface area contributed by atoms with Crippen LogP contribution in [-0.2, 0) is 12.8 Å². The maximum Gasteiger partial charge on any atom is 0.519 e. The fraction of sp³-hybridized carbons (Fsp3) is 0.194. The molecule has 0 aromatic heterocycles. The quantitative estimate of drug-likeness (QED) is 0.0625.